The Hall–Kier alpha value is -0.700. The van der Waals surface area contributed by atoms with Gasteiger partial charge in [0.15, 0.2) is 5.78 Å². The SMILES string of the molecule is CCC(=O)C(N)C=O. The maximum atomic E-state index is 10.4. The van der Waals surface area contributed by atoms with Crippen LogP contribution < -0.4 is 5.73 Å². The Morgan fingerprint density at radius 1 is 1.88 bits per heavy atom. The molecule has 0 saturated carbocycles. The summed E-state index contributed by atoms with van der Waals surface area (Å²) in [6.07, 6.45) is 0.783. The molecular weight excluding hydrogens is 106 g/mol. The van der Waals surface area contributed by atoms with Crippen molar-refractivity contribution in [1.29, 1.82) is 0 Å². The van der Waals surface area contributed by atoms with Crippen LogP contribution in [-0.4, -0.2) is 18.1 Å². The van der Waals surface area contributed by atoms with E-state index in [0.717, 1.165) is 0 Å². The molecule has 0 aliphatic heterocycles. The van der Waals surface area contributed by atoms with E-state index in [1.54, 1.807) is 6.92 Å². The van der Waals surface area contributed by atoms with Gasteiger partial charge in [-0.15, -0.1) is 0 Å². The summed E-state index contributed by atoms with van der Waals surface area (Å²) in [6.45, 7) is 1.67. The minimum Gasteiger partial charge on any atom is -0.316 e. The Morgan fingerprint density at radius 2 is 2.38 bits per heavy atom. The summed E-state index contributed by atoms with van der Waals surface area (Å²) in [5.74, 6) is -0.208. The Balaban J connectivity index is 3.62. The zero-order valence-electron chi connectivity index (χ0n) is 4.76. The van der Waals surface area contributed by atoms with Crippen molar-refractivity contribution in [2.45, 2.75) is 19.4 Å². The number of aldehydes is 1. The molecule has 0 aromatic heterocycles. The third kappa shape index (κ3) is 1.84. The zero-order valence-corrected chi connectivity index (χ0v) is 4.76. The van der Waals surface area contributed by atoms with Crippen molar-refractivity contribution < 1.29 is 9.59 Å². The summed E-state index contributed by atoms with van der Waals surface area (Å²) in [7, 11) is 0. The molecule has 0 fully saturated rings. The van der Waals surface area contributed by atoms with Crippen LogP contribution in [0.25, 0.3) is 0 Å². The predicted octanol–water partition coefficient (Wildman–Crippen LogP) is -0.508. The van der Waals surface area contributed by atoms with Crippen molar-refractivity contribution in [3.63, 3.8) is 0 Å². The summed E-state index contributed by atoms with van der Waals surface area (Å²) in [4.78, 5) is 20.1. The minimum atomic E-state index is -0.903. The van der Waals surface area contributed by atoms with E-state index in [1.807, 2.05) is 0 Å². The van der Waals surface area contributed by atoms with E-state index in [2.05, 4.69) is 0 Å². The van der Waals surface area contributed by atoms with Crippen molar-refractivity contribution in [1.82, 2.24) is 0 Å². The number of carbonyl (C=O) groups excluding carboxylic acids is 2. The molecule has 0 saturated heterocycles. The number of Topliss-reactive ketones (excluding diaryl/α,β-unsaturated/α-hetero) is 1. The van der Waals surface area contributed by atoms with Gasteiger partial charge in [0.25, 0.3) is 0 Å². The molecule has 0 spiro atoms. The van der Waals surface area contributed by atoms with Crippen LogP contribution in [0.1, 0.15) is 13.3 Å². The monoisotopic (exact) mass is 115 g/mol. The molecule has 0 bridgehead atoms. The third-order valence-corrected chi connectivity index (χ3v) is 0.867. The number of nitrogens with two attached hydrogens (primary N) is 1. The van der Waals surface area contributed by atoms with Crippen LogP contribution in [0.4, 0.5) is 0 Å². The normalized spacial score (nSPS) is 12.8. The molecule has 1 unspecified atom stereocenters. The minimum absolute atomic E-state index is 0.208. The molecule has 0 aromatic rings. The van der Waals surface area contributed by atoms with Crippen LogP contribution in [0.5, 0.6) is 0 Å². The molecule has 3 heteroatoms. The fourth-order valence-electron chi connectivity index (χ4n) is 0.312. The maximum Gasteiger partial charge on any atom is 0.156 e. The van der Waals surface area contributed by atoms with Gasteiger partial charge in [0.1, 0.15) is 12.3 Å². The Morgan fingerprint density at radius 3 is 2.50 bits per heavy atom. The number of rotatable bonds is 3. The van der Waals surface area contributed by atoms with Crippen molar-refractivity contribution in [3.8, 4) is 0 Å². The smallest absolute Gasteiger partial charge is 0.156 e. The van der Waals surface area contributed by atoms with Crippen LogP contribution in [0.15, 0.2) is 0 Å². The van der Waals surface area contributed by atoms with E-state index in [4.69, 9.17) is 5.73 Å². The summed E-state index contributed by atoms with van der Waals surface area (Å²) < 4.78 is 0. The quantitative estimate of drug-likeness (QED) is 0.398. The van der Waals surface area contributed by atoms with Gasteiger partial charge in [0.05, 0.1) is 0 Å². The van der Waals surface area contributed by atoms with Gasteiger partial charge in [-0.1, -0.05) is 6.92 Å². The highest BCUT2D eigenvalue weighted by Crippen LogP contribution is 1.81. The van der Waals surface area contributed by atoms with Crippen LogP contribution in [0.2, 0.25) is 0 Å². The highest BCUT2D eigenvalue weighted by atomic mass is 16.1. The van der Waals surface area contributed by atoms with Crippen LogP contribution >= 0.6 is 0 Å². The molecule has 1 atom stereocenters. The van der Waals surface area contributed by atoms with E-state index < -0.39 is 6.04 Å². The highest BCUT2D eigenvalue weighted by molar-refractivity contribution is 5.96. The standard InChI is InChI=1S/C5H9NO2/c1-2-5(8)4(6)3-7/h3-4H,2,6H2,1H3. The summed E-state index contributed by atoms with van der Waals surface area (Å²) >= 11 is 0. The van der Waals surface area contributed by atoms with Crippen molar-refractivity contribution in [2.24, 2.45) is 5.73 Å². The van der Waals surface area contributed by atoms with E-state index in [1.165, 1.54) is 0 Å². The van der Waals surface area contributed by atoms with Crippen LogP contribution in [-0.2, 0) is 9.59 Å². The summed E-state index contributed by atoms with van der Waals surface area (Å²) in [5.41, 5.74) is 5.01. The molecule has 2 N–H and O–H groups in total. The van der Waals surface area contributed by atoms with Gasteiger partial charge in [-0.25, -0.2) is 0 Å². The van der Waals surface area contributed by atoms with Gasteiger partial charge >= 0.3 is 0 Å². The molecule has 8 heavy (non-hydrogen) atoms. The summed E-state index contributed by atoms with van der Waals surface area (Å²) in [5, 5.41) is 0. The molecule has 0 aliphatic carbocycles. The second-order valence-electron chi connectivity index (χ2n) is 1.48. The van der Waals surface area contributed by atoms with Gasteiger partial charge < -0.3 is 10.5 Å². The van der Waals surface area contributed by atoms with E-state index in [-0.39, 0.29) is 5.78 Å². The number of ketones is 1. The largest absolute Gasteiger partial charge is 0.316 e. The molecule has 3 nitrogen and oxygen atoms in total. The fraction of sp³-hybridized carbons (Fsp3) is 0.600. The first-order valence-electron chi connectivity index (χ1n) is 2.46. The molecule has 0 rings (SSSR count). The molecule has 0 radical (unpaired) electrons. The van der Waals surface area contributed by atoms with Gasteiger partial charge in [0.2, 0.25) is 0 Å². The van der Waals surface area contributed by atoms with Gasteiger partial charge in [-0.2, -0.15) is 0 Å². The van der Waals surface area contributed by atoms with Gasteiger partial charge in [-0.3, -0.25) is 4.79 Å². The fourth-order valence-corrected chi connectivity index (χ4v) is 0.312. The van der Waals surface area contributed by atoms with Gasteiger partial charge in [0, 0.05) is 6.42 Å². The predicted molar refractivity (Wildman–Crippen MR) is 29.3 cm³/mol. The zero-order chi connectivity index (χ0) is 6.57. The molecule has 0 aliphatic rings. The molecule has 46 valence electrons. The lowest BCUT2D eigenvalue weighted by atomic mass is 10.2. The second-order valence-corrected chi connectivity index (χ2v) is 1.48. The van der Waals surface area contributed by atoms with E-state index in [9.17, 15) is 9.59 Å². The molecule has 0 heterocycles. The van der Waals surface area contributed by atoms with Crippen molar-refractivity contribution in [3.05, 3.63) is 0 Å². The second kappa shape index (κ2) is 3.32. The number of hydrogen-bond donors (Lipinski definition) is 1. The Labute approximate surface area is 47.9 Å². The van der Waals surface area contributed by atoms with Gasteiger partial charge in [-0.05, 0) is 0 Å². The first-order chi connectivity index (χ1) is 3.72. The number of hydrogen-bond acceptors (Lipinski definition) is 3. The van der Waals surface area contributed by atoms with Crippen molar-refractivity contribution >= 4 is 12.1 Å². The van der Waals surface area contributed by atoms with Crippen LogP contribution in [0, 0.1) is 0 Å². The lowest BCUT2D eigenvalue weighted by Gasteiger charge is -1.95. The lowest BCUT2D eigenvalue weighted by Crippen LogP contribution is -2.30. The van der Waals surface area contributed by atoms with E-state index >= 15 is 0 Å². The lowest BCUT2D eigenvalue weighted by molar-refractivity contribution is -0.123. The Bertz CT molecular complexity index is 101. The Kier molecular flexibility index (Phi) is 3.03. The average molecular weight is 115 g/mol. The molecule has 0 amide bonds. The topological polar surface area (TPSA) is 60.2 Å². The molecular formula is C5H9NO2. The number of carbonyl (C=O) groups is 2. The maximum absolute atomic E-state index is 10.4. The summed E-state index contributed by atoms with van der Waals surface area (Å²) in [6, 6.07) is -0.903. The average Bonchev–Trinajstić information content (AvgIpc) is 1.84. The first-order valence-corrected chi connectivity index (χ1v) is 2.46. The third-order valence-electron chi connectivity index (χ3n) is 0.867. The van der Waals surface area contributed by atoms with E-state index in [0.29, 0.717) is 12.7 Å². The van der Waals surface area contributed by atoms with Crippen LogP contribution in [0.3, 0.4) is 0 Å². The van der Waals surface area contributed by atoms with Crippen molar-refractivity contribution in [2.75, 3.05) is 0 Å². The molecule has 0 aromatic carbocycles. The first kappa shape index (κ1) is 7.30. The highest BCUT2D eigenvalue weighted by Gasteiger charge is 2.07.